The van der Waals surface area contributed by atoms with Gasteiger partial charge in [0.15, 0.2) is 9.84 Å². The minimum Gasteiger partial charge on any atom is -0.334 e. The Bertz CT molecular complexity index is 555. The van der Waals surface area contributed by atoms with Crippen LogP contribution in [0.2, 0.25) is 0 Å². The van der Waals surface area contributed by atoms with Crippen molar-refractivity contribution in [2.75, 3.05) is 18.1 Å². The Labute approximate surface area is 120 Å². The van der Waals surface area contributed by atoms with E-state index in [2.05, 4.69) is 9.97 Å². The van der Waals surface area contributed by atoms with Gasteiger partial charge >= 0.3 is 0 Å². The van der Waals surface area contributed by atoms with Crippen LogP contribution in [0.5, 0.6) is 0 Å². The van der Waals surface area contributed by atoms with Crippen LogP contribution in [0.4, 0.5) is 0 Å². The molecule has 0 aliphatic rings. The van der Waals surface area contributed by atoms with Gasteiger partial charge in [0.05, 0.1) is 17.6 Å². The minimum atomic E-state index is -3.13. The van der Waals surface area contributed by atoms with Gasteiger partial charge < -0.3 is 4.90 Å². The van der Waals surface area contributed by atoms with E-state index < -0.39 is 9.84 Å². The summed E-state index contributed by atoms with van der Waals surface area (Å²) in [7, 11) is -3.13. The molecule has 7 heteroatoms. The van der Waals surface area contributed by atoms with E-state index in [4.69, 9.17) is 0 Å². The van der Waals surface area contributed by atoms with Gasteiger partial charge in [-0.3, -0.25) is 9.78 Å². The predicted molar refractivity (Wildman–Crippen MR) is 77.3 cm³/mol. The zero-order valence-electron chi connectivity index (χ0n) is 12.3. The molecule has 0 spiro atoms. The third kappa shape index (κ3) is 4.26. The van der Waals surface area contributed by atoms with Gasteiger partial charge in [0, 0.05) is 24.5 Å². The van der Waals surface area contributed by atoms with Crippen LogP contribution in [-0.2, 0) is 9.84 Å². The standard InChI is InChI=1S/C13H21N3O3S/c1-5-16(11(4)9-20(18,19)6-2)13(17)12-8-14-10(3)7-15-12/h7-8,11H,5-6,9H2,1-4H3. The van der Waals surface area contributed by atoms with E-state index in [0.717, 1.165) is 5.69 Å². The van der Waals surface area contributed by atoms with Crippen LogP contribution in [0.1, 0.15) is 37.0 Å². The maximum Gasteiger partial charge on any atom is 0.274 e. The Morgan fingerprint density at radius 2 is 1.95 bits per heavy atom. The minimum absolute atomic E-state index is 0.0393. The van der Waals surface area contributed by atoms with Gasteiger partial charge in [-0.25, -0.2) is 13.4 Å². The van der Waals surface area contributed by atoms with E-state index in [0.29, 0.717) is 6.54 Å². The number of rotatable bonds is 6. The molecule has 20 heavy (non-hydrogen) atoms. The first-order valence-corrected chi connectivity index (χ1v) is 8.42. The molecule has 0 N–H and O–H groups in total. The van der Waals surface area contributed by atoms with E-state index in [-0.39, 0.29) is 29.1 Å². The Morgan fingerprint density at radius 1 is 1.30 bits per heavy atom. The number of aromatic nitrogens is 2. The summed E-state index contributed by atoms with van der Waals surface area (Å²) in [5.74, 6) is -0.255. The first kappa shape index (κ1) is 16.6. The second-order valence-corrected chi connectivity index (χ2v) is 7.08. The first-order valence-electron chi connectivity index (χ1n) is 6.60. The quantitative estimate of drug-likeness (QED) is 0.785. The molecule has 1 atom stereocenters. The fourth-order valence-electron chi connectivity index (χ4n) is 1.88. The van der Waals surface area contributed by atoms with Crippen molar-refractivity contribution in [3.05, 3.63) is 23.8 Å². The summed E-state index contributed by atoms with van der Waals surface area (Å²) in [6.07, 6.45) is 2.94. The average molecular weight is 299 g/mol. The molecule has 0 bridgehead atoms. The number of hydrogen-bond donors (Lipinski definition) is 0. The Hall–Kier alpha value is -1.50. The summed E-state index contributed by atoms with van der Waals surface area (Å²) in [4.78, 5) is 21.9. The van der Waals surface area contributed by atoms with Gasteiger partial charge in [-0.1, -0.05) is 6.92 Å². The summed E-state index contributed by atoms with van der Waals surface area (Å²) in [6.45, 7) is 7.36. The number of nitrogens with zero attached hydrogens (tertiary/aromatic N) is 3. The monoisotopic (exact) mass is 299 g/mol. The van der Waals surface area contributed by atoms with Crippen molar-refractivity contribution in [1.82, 2.24) is 14.9 Å². The van der Waals surface area contributed by atoms with Gasteiger partial charge in [0.1, 0.15) is 5.69 Å². The average Bonchev–Trinajstić information content (AvgIpc) is 2.39. The summed E-state index contributed by atoms with van der Waals surface area (Å²) in [6, 6.07) is -0.388. The molecule has 0 saturated carbocycles. The number of sulfone groups is 1. The second-order valence-electron chi connectivity index (χ2n) is 4.68. The van der Waals surface area contributed by atoms with Gasteiger partial charge in [-0.2, -0.15) is 0 Å². The van der Waals surface area contributed by atoms with Crippen LogP contribution < -0.4 is 0 Å². The molecule has 1 aromatic rings. The van der Waals surface area contributed by atoms with Crippen LogP contribution in [0.25, 0.3) is 0 Å². The maximum atomic E-state index is 12.3. The fourth-order valence-corrected chi connectivity index (χ4v) is 3.03. The summed E-state index contributed by atoms with van der Waals surface area (Å²) >= 11 is 0. The number of aryl methyl sites for hydroxylation is 1. The summed E-state index contributed by atoms with van der Waals surface area (Å²) in [5, 5.41) is 0. The Balaban J connectivity index is 2.89. The molecule has 0 aromatic carbocycles. The van der Waals surface area contributed by atoms with Crippen molar-refractivity contribution in [2.24, 2.45) is 0 Å². The predicted octanol–water partition coefficient (Wildman–Crippen LogP) is 1.07. The van der Waals surface area contributed by atoms with Gasteiger partial charge in [0.2, 0.25) is 0 Å². The molecule has 0 saturated heterocycles. The van der Waals surface area contributed by atoms with E-state index >= 15 is 0 Å². The van der Waals surface area contributed by atoms with Crippen molar-refractivity contribution in [2.45, 2.75) is 33.7 Å². The lowest BCUT2D eigenvalue weighted by molar-refractivity contribution is 0.0712. The molecular weight excluding hydrogens is 278 g/mol. The molecule has 6 nitrogen and oxygen atoms in total. The van der Waals surface area contributed by atoms with Crippen LogP contribution in [-0.4, -0.2) is 53.3 Å². The molecule has 1 heterocycles. The lowest BCUT2D eigenvalue weighted by Crippen LogP contribution is -2.42. The third-order valence-electron chi connectivity index (χ3n) is 3.07. The maximum absolute atomic E-state index is 12.3. The molecule has 0 aliphatic carbocycles. The molecule has 1 unspecified atom stereocenters. The van der Waals surface area contributed by atoms with Gasteiger partial charge in [-0.15, -0.1) is 0 Å². The molecule has 112 valence electrons. The molecule has 1 rings (SSSR count). The highest BCUT2D eigenvalue weighted by Gasteiger charge is 2.24. The van der Waals surface area contributed by atoms with Crippen LogP contribution in [0.15, 0.2) is 12.4 Å². The highest BCUT2D eigenvalue weighted by atomic mass is 32.2. The van der Waals surface area contributed by atoms with Crippen LogP contribution in [0.3, 0.4) is 0 Å². The lowest BCUT2D eigenvalue weighted by Gasteiger charge is -2.27. The van der Waals surface area contributed by atoms with Crippen molar-refractivity contribution >= 4 is 15.7 Å². The van der Waals surface area contributed by atoms with Crippen LogP contribution >= 0.6 is 0 Å². The summed E-state index contributed by atoms with van der Waals surface area (Å²) < 4.78 is 23.3. The fraction of sp³-hybridized carbons (Fsp3) is 0.615. The van der Waals surface area contributed by atoms with Crippen molar-refractivity contribution in [1.29, 1.82) is 0 Å². The molecular formula is C13H21N3O3S. The first-order chi connectivity index (χ1) is 9.30. The molecule has 0 aliphatic heterocycles. The second kappa shape index (κ2) is 6.78. The van der Waals surface area contributed by atoms with E-state index in [1.807, 2.05) is 6.92 Å². The van der Waals surface area contributed by atoms with Crippen molar-refractivity contribution in [3.8, 4) is 0 Å². The summed E-state index contributed by atoms with van der Waals surface area (Å²) in [5.41, 5.74) is 0.962. The van der Waals surface area contributed by atoms with E-state index in [9.17, 15) is 13.2 Å². The highest BCUT2D eigenvalue weighted by molar-refractivity contribution is 7.91. The SMILES string of the molecule is CCN(C(=O)c1cnc(C)cn1)C(C)CS(=O)(=O)CC. The zero-order chi connectivity index (χ0) is 15.3. The van der Waals surface area contributed by atoms with Gasteiger partial charge in [0.25, 0.3) is 5.91 Å². The lowest BCUT2D eigenvalue weighted by atomic mass is 10.2. The topological polar surface area (TPSA) is 80.2 Å². The third-order valence-corrected chi connectivity index (χ3v) is 4.94. The molecule has 1 amide bonds. The van der Waals surface area contributed by atoms with Crippen molar-refractivity contribution in [3.63, 3.8) is 0 Å². The molecule has 0 radical (unpaired) electrons. The van der Waals surface area contributed by atoms with Gasteiger partial charge in [-0.05, 0) is 20.8 Å². The molecule has 1 aromatic heterocycles. The highest BCUT2D eigenvalue weighted by Crippen LogP contribution is 2.08. The smallest absolute Gasteiger partial charge is 0.274 e. The van der Waals surface area contributed by atoms with Crippen molar-refractivity contribution < 1.29 is 13.2 Å². The van der Waals surface area contributed by atoms with Crippen LogP contribution in [0, 0.1) is 6.92 Å². The van der Waals surface area contributed by atoms with E-state index in [1.165, 1.54) is 17.3 Å². The Morgan fingerprint density at radius 3 is 2.40 bits per heavy atom. The zero-order valence-corrected chi connectivity index (χ0v) is 13.1. The number of hydrogen-bond acceptors (Lipinski definition) is 5. The number of carbonyl (C=O) groups is 1. The normalized spacial score (nSPS) is 13.0. The molecule has 0 fully saturated rings. The number of carbonyl (C=O) groups excluding carboxylic acids is 1. The van der Waals surface area contributed by atoms with E-state index in [1.54, 1.807) is 20.8 Å². The largest absolute Gasteiger partial charge is 0.334 e. The number of amides is 1. The Kier molecular flexibility index (Phi) is 5.62.